The van der Waals surface area contributed by atoms with Gasteiger partial charge in [0.1, 0.15) is 0 Å². The van der Waals surface area contributed by atoms with Crippen molar-refractivity contribution >= 4 is 15.9 Å². The maximum atomic E-state index is 5.24. The van der Waals surface area contributed by atoms with Crippen LogP contribution in [0.15, 0.2) is 47.1 Å². The van der Waals surface area contributed by atoms with Gasteiger partial charge in [0.2, 0.25) is 5.88 Å². The van der Waals surface area contributed by atoms with Gasteiger partial charge in [0.05, 0.1) is 7.11 Å². The maximum absolute atomic E-state index is 5.24. The number of nitrogens with zero attached hydrogens (tertiary/aromatic N) is 1. The van der Waals surface area contributed by atoms with Crippen molar-refractivity contribution in [1.82, 2.24) is 10.3 Å². The van der Waals surface area contributed by atoms with Crippen LogP contribution < -0.4 is 10.1 Å². The van der Waals surface area contributed by atoms with Crippen molar-refractivity contribution in [2.75, 3.05) is 7.11 Å². The zero-order valence-corrected chi connectivity index (χ0v) is 12.6. The summed E-state index contributed by atoms with van der Waals surface area (Å²) in [4.78, 5) is 4.19. The van der Waals surface area contributed by atoms with Crippen molar-refractivity contribution < 1.29 is 4.74 Å². The molecule has 1 aromatic carbocycles. The Kier molecular flexibility index (Phi) is 4.93. The molecule has 0 bridgehead atoms. The lowest BCUT2D eigenvalue weighted by Gasteiger charge is -2.15. The summed E-state index contributed by atoms with van der Waals surface area (Å²) < 4.78 is 6.34. The maximum Gasteiger partial charge on any atom is 0.217 e. The van der Waals surface area contributed by atoms with Crippen LogP contribution >= 0.6 is 15.9 Å². The Morgan fingerprint density at radius 1 is 1.32 bits per heavy atom. The quantitative estimate of drug-likeness (QED) is 0.912. The van der Waals surface area contributed by atoms with Crippen LogP contribution in [0.1, 0.15) is 24.1 Å². The van der Waals surface area contributed by atoms with Gasteiger partial charge in [-0.15, -0.1) is 0 Å². The summed E-state index contributed by atoms with van der Waals surface area (Å²) in [5.41, 5.74) is 2.31. The molecule has 0 aliphatic rings. The fourth-order valence-electron chi connectivity index (χ4n) is 1.90. The fourth-order valence-corrected chi connectivity index (χ4v) is 2.32. The first-order chi connectivity index (χ1) is 9.20. The smallest absolute Gasteiger partial charge is 0.217 e. The molecule has 2 aromatic rings. The van der Waals surface area contributed by atoms with Gasteiger partial charge in [-0.05, 0) is 30.7 Å². The topological polar surface area (TPSA) is 34.1 Å². The van der Waals surface area contributed by atoms with E-state index in [4.69, 9.17) is 4.74 Å². The van der Waals surface area contributed by atoms with Gasteiger partial charge in [-0.3, -0.25) is 0 Å². The van der Waals surface area contributed by atoms with Crippen molar-refractivity contribution in [3.8, 4) is 5.88 Å². The zero-order valence-electron chi connectivity index (χ0n) is 11.1. The van der Waals surface area contributed by atoms with E-state index in [1.165, 1.54) is 5.56 Å². The number of benzene rings is 1. The summed E-state index contributed by atoms with van der Waals surface area (Å²) in [6.45, 7) is 2.87. The molecule has 0 amide bonds. The van der Waals surface area contributed by atoms with Gasteiger partial charge in [0.25, 0.3) is 0 Å². The summed E-state index contributed by atoms with van der Waals surface area (Å²) in [7, 11) is 1.64. The van der Waals surface area contributed by atoms with Crippen LogP contribution in [-0.4, -0.2) is 12.1 Å². The second-order valence-corrected chi connectivity index (χ2v) is 5.25. The predicted molar refractivity (Wildman–Crippen MR) is 80.2 cm³/mol. The fraction of sp³-hybridized carbons (Fsp3) is 0.267. The third-order valence-electron chi connectivity index (χ3n) is 2.99. The molecule has 0 aliphatic carbocycles. The number of methoxy groups -OCH3 is 1. The highest BCUT2D eigenvalue weighted by Gasteiger charge is 2.08. The minimum Gasteiger partial charge on any atom is -0.481 e. The minimum atomic E-state index is 0.266. The molecule has 1 N–H and O–H groups in total. The Morgan fingerprint density at radius 2 is 2.16 bits per heavy atom. The van der Waals surface area contributed by atoms with Gasteiger partial charge in [-0.2, -0.15) is 0 Å². The lowest BCUT2D eigenvalue weighted by atomic mass is 10.1. The van der Waals surface area contributed by atoms with Crippen molar-refractivity contribution in [1.29, 1.82) is 0 Å². The highest BCUT2D eigenvalue weighted by Crippen LogP contribution is 2.19. The number of rotatable bonds is 5. The van der Waals surface area contributed by atoms with Gasteiger partial charge >= 0.3 is 0 Å². The monoisotopic (exact) mass is 320 g/mol. The molecule has 1 aromatic heterocycles. The van der Waals surface area contributed by atoms with E-state index in [1.54, 1.807) is 13.3 Å². The molecular weight excluding hydrogens is 304 g/mol. The summed E-state index contributed by atoms with van der Waals surface area (Å²) in [6.07, 6.45) is 1.74. The number of ether oxygens (including phenoxy) is 1. The number of aromatic nitrogens is 1. The van der Waals surface area contributed by atoms with E-state index < -0.39 is 0 Å². The van der Waals surface area contributed by atoms with Gasteiger partial charge in [0.15, 0.2) is 0 Å². The second kappa shape index (κ2) is 6.68. The average molecular weight is 321 g/mol. The Balaban J connectivity index is 2.02. The molecular formula is C15H17BrN2O. The second-order valence-electron chi connectivity index (χ2n) is 4.33. The third kappa shape index (κ3) is 3.78. The highest BCUT2D eigenvalue weighted by molar-refractivity contribution is 9.10. The predicted octanol–water partition coefficient (Wildman–Crippen LogP) is 3.70. The third-order valence-corrected chi connectivity index (χ3v) is 3.48. The molecule has 1 atom stereocenters. The van der Waals surface area contributed by atoms with Crippen molar-refractivity contribution in [2.45, 2.75) is 19.5 Å². The number of pyridine rings is 1. The molecule has 3 nitrogen and oxygen atoms in total. The molecule has 0 aliphatic heterocycles. The lowest BCUT2D eigenvalue weighted by molar-refractivity contribution is 0.389. The molecule has 0 spiro atoms. The zero-order chi connectivity index (χ0) is 13.7. The number of hydrogen-bond donors (Lipinski definition) is 1. The molecule has 19 heavy (non-hydrogen) atoms. The van der Waals surface area contributed by atoms with Crippen LogP contribution in [0.5, 0.6) is 5.88 Å². The molecule has 100 valence electrons. The molecule has 1 heterocycles. The first-order valence-electron chi connectivity index (χ1n) is 6.17. The van der Waals surface area contributed by atoms with Gasteiger partial charge < -0.3 is 10.1 Å². The molecule has 0 saturated carbocycles. The number of halogens is 1. The van der Waals surface area contributed by atoms with Gasteiger partial charge in [0, 0.05) is 28.8 Å². The minimum absolute atomic E-state index is 0.266. The average Bonchev–Trinajstić information content (AvgIpc) is 2.45. The largest absolute Gasteiger partial charge is 0.481 e. The summed E-state index contributed by atoms with van der Waals surface area (Å²) >= 11 is 3.49. The Bertz CT molecular complexity index is 545. The van der Waals surface area contributed by atoms with Crippen LogP contribution in [0.25, 0.3) is 0 Å². The van der Waals surface area contributed by atoms with Crippen LogP contribution in [0.4, 0.5) is 0 Å². The normalized spacial score (nSPS) is 12.2. The van der Waals surface area contributed by atoms with Crippen molar-refractivity contribution in [2.24, 2.45) is 0 Å². The first-order valence-corrected chi connectivity index (χ1v) is 6.96. The van der Waals surface area contributed by atoms with E-state index in [0.717, 1.165) is 16.6 Å². The van der Waals surface area contributed by atoms with E-state index in [-0.39, 0.29) is 6.04 Å². The Hall–Kier alpha value is -1.39. The molecule has 0 unspecified atom stereocenters. The van der Waals surface area contributed by atoms with Crippen molar-refractivity contribution in [3.63, 3.8) is 0 Å². The van der Waals surface area contributed by atoms with E-state index in [0.29, 0.717) is 5.88 Å². The van der Waals surface area contributed by atoms with E-state index >= 15 is 0 Å². The van der Waals surface area contributed by atoms with Crippen molar-refractivity contribution in [3.05, 3.63) is 58.2 Å². The standard InChI is InChI=1S/C15H17BrN2O/c1-11(12-5-3-7-14(16)9-12)18-10-13-6-4-8-17-15(13)19-2/h3-9,11,18H,10H2,1-2H3/t11-/m1/s1. The number of hydrogen-bond acceptors (Lipinski definition) is 3. The molecule has 0 radical (unpaired) electrons. The Morgan fingerprint density at radius 3 is 2.89 bits per heavy atom. The lowest BCUT2D eigenvalue weighted by Crippen LogP contribution is -2.18. The molecule has 0 fully saturated rings. The van der Waals surface area contributed by atoms with Crippen LogP contribution in [0.3, 0.4) is 0 Å². The van der Waals surface area contributed by atoms with Crippen LogP contribution in [-0.2, 0) is 6.54 Å². The summed E-state index contributed by atoms with van der Waals surface area (Å²) in [6, 6.07) is 12.5. The summed E-state index contributed by atoms with van der Waals surface area (Å²) in [5.74, 6) is 0.677. The van der Waals surface area contributed by atoms with Gasteiger partial charge in [-0.25, -0.2) is 4.98 Å². The van der Waals surface area contributed by atoms with Crippen LogP contribution in [0.2, 0.25) is 0 Å². The number of nitrogens with one attached hydrogen (secondary N) is 1. The van der Waals surface area contributed by atoms with E-state index in [1.807, 2.05) is 24.3 Å². The van der Waals surface area contributed by atoms with E-state index in [2.05, 4.69) is 45.3 Å². The van der Waals surface area contributed by atoms with E-state index in [9.17, 15) is 0 Å². The SMILES string of the molecule is COc1ncccc1CN[C@H](C)c1cccc(Br)c1. The molecule has 4 heteroatoms. The Labute approximate surface area is 122 Å². The summed E-state index contributed by atoms with van der Waals surface area (Å²) in [5, 5.41) is 3.48. The first kappa shape index (κ1) is 14.0. The van der Waals surface area contributed by atoms with Crippen LogP contribution in [0, 0.1) is 0 Å². The molecule has 2 rings (SSSR count). The van der Waals surface area contributed by atoms with Gasteiger partial charge in [-0.1, -0.05) is 34.1 Å². The molecule has 0 saturated heterocycles. The highest BCUT2D eigenvalue weighted by atomic mass is 79.9.